The quantitative estimate of drug-likeness (QED) is 0.921. The van der Waals surface area contributed by atoms with E-state index < -0.39 is 12.7 Å². The third-order valence-corrected chi connectivity index (χ3v) is 3.47. The van der Waals surface area contributed by atoms with Crippen LogP contribution in [0.1, 0.15) is 31.7 Å². The van der Waals surface area contributed by atoms with Crippen LogP contribution in [0.4, 0.5) is 18.9 Å². The van der Waals surface area contributed by atoms with Crippen LogP contribution in [0.5, 0.6) is 0 Å². The van der Waals surface area contributed by atoms with Crippen molar-refractivity contribution in [3.8, 4) is 0 Å². The molecule has 1 unspecified atom stereocenters. The molecule has 20 heavy (non-hydrogen) atoms. The van der Waals surface area contributed by atoms with Crippen molar-refractivity contribution in [3.05, 3.63) is 24.0 Å². The van der Waals surface area contributed by atoms with Gasteiger partial charge in [0.15, 0.2) is 0 Å². The van der Waals surface area contributed by atoms with Gasteiger partial charge in [0.05, 0.1) is 12.2 Å². The van der Waals surface area contributed by atoms with Crippen LogP contribution in [-0.2, 0) is 0 Å². The lowest BCUT2D eigenvalue weighted by Crippen LogP contribution is -2.34. The van der Waals surface area contributed by atoms with Gasteiger partial charge in [-0.2, -0.15) is 13.2 Å². The van der Waals surface area contributed by atoms with Crippen LogP contribution in [0.3, 0.4) is 0 Å². The minimum atomic E-state index is -4.12. The van der Waals surface area contributed by atoms with Gasteiger partial charge < -0.3 is 5.32 Å². The SMILES string of the molecule is CC(C)c1cncc(NC2CCN(CC(F)(F)F)C2)c1. The Morgan fingerprint density at radius 2 is 2.15 bits per heavy atom. The summed E-state index contributed by atoms with van der Waals surface area (Å²) in [6.45, 7) is 4.25. The largest absolute Gasteiger partial charge is 0.401 e. The number of halogens is 3. The fraction of sp³-hybridized carbons (Fsp3) is 0.643. The molecule has 2 rings (SSSR count). The molecule has 6 heteroatoms. The second-order valence-electron chi connectivity index (χ2n) is 5.64. The van der Waals surface area contributed by atoms with Gasteiger partial charge in [0.25, 0.3) is 0 Å². The van der Waals surface area contributed by atoms with E-state index >= 15 is 0 Å². The average molecular weight is 287 g/mol. The number of alkyl halides is 3. The number of nitrogens with zero attached hydrogens (tertiary/aromatic N) is 2. The Labute approximate surface area is 117 Å². The van der Waals surface area contributed by atoms with E-state index in [-0.39, 0.29) is 6.04 Å². The summed E-state index contributed by atoms with van der Waals surface area (Å²) in [6, 6.07) is 2.07. The molecule has 0 saturated carbocycles. The van der Waals surface area contributed by atoms with Gasteiger partial charge in [-0.05, 0) is 24.0 Å². The summed E-state index contributed by atoms with van der Waals surface area (Å²) in [4.78, 5) is 5.61. The van der Waals surface area contributed by atoms with E-state index in [9.17, 15) is 13.2 Å². The molecule has 0 amide bonds. The Kier molecular flexibility index (Phi) is 4.52. The molecule has 1 fully saturated rings. The van der Waals surface area contributed by atoms with Crippen molar-refractivity contribution in [2.24, 2.45) is 0 Å². The van der Waals surface area contributed by atoms with Gasteiger partial charge in [0, 0.05) is 31.5 Å². The molecule has 0 spiro atoms. The minimum absolute atomic E-state index is 0.0570. The molecule has 1 aromatic heterocycles. The smallest absolute Gasteiger partial charge is 0.380 e. The number of nitrogens with one attached hydrogen (secondary N) is 1. The molecule has 0 bridgehead atoms. The molecular weight excluding hydrogens is 267 g/mol. The zero-order valence-corrected chi connectivity index (χ0v) is 11.7. The van der Waals surface area contributed by atoms with Crippen LogP contribution in [0, 0.1) is 0 Å². The lowest BCUT2D eigenvalue weighted by atomic mass is 10.1. The number of anilines is 1. The third kappa shape index (κ3) is 4.37. The molecule has 0 radical (unpaired) electrons. The van der Waals surface area contributed by atoms with Crippen LogP contribution in [-0.4, -0.2) is 41.7 Å². The summed E-state index contributed by atoms with van der Waals surface area (Å²) in [5.74, 6) is 0.384. The number of rotatable bonds is 4. The Morgan fingerprint density at radius 3 is 2.80 bits per heavy atom. The first-order chi connectivity index (χ1) is 9.33. The summed E-state index contributed by atoms with van der Waals surface area (Å²) in [6.07, 6.45) is 0.148. The Balaban J connectivity index is 1.90. The fourth-order valence-corrected chi connectivity index (χ4v) is 2.44. The number of likely N-dealkylation sites (tertiary alicyclic amines) is 1. The van der Waals surface area contributed by atoms with E-state index in [4.69, 9.17) is 0 Å². The first-order valence-corrected chi connectivity index (χ1v) is 6.84. The monoisotopic (exact) mass is 287 g/mol. The summed E-state index contributed by atoms with van der Waals surface area (Å²) in [5.41, 5.74) is 2.01. The normalized spacial score (nSPS) is 20.6. The van der Waals surface area contributed by atoms with Gasteiger partial charge >= 0.3 is 6.18 Å². The molecule has 2 heterocycles. The molecule has 0 aromatic carbocycles. The second kappa shape index (κ2) is 5.99. The van der Waals surface area contributed by atoms with Gasteiger partial charge in [0.2, 0.25) is 0 Å². The molecule has 1 aromatic rings. The predicted octanol–water partition coefficient (Wildman–Crippen LogP) is 3.25. The zero-order valence-electron chi connectivity index (χ0n) is 11.7. The van der Waals surface area contributed by atoms with E-state index in [0.29, 0.717) is 19.0 Å². The van der Waals surface area contributed by atoms with Gasteiger partial charge in [-0.1, -0.05) is 13.8 Å². The van der Waals surface area contributed by atoms with Crippen LogP contribution in [0.25, 0.3) is 0 Å². The lowest BCUT2D eigenvalue weighted by Gasteiger charge is -2.19. The molecule has 1 atom stereocenters. The van der Waals surface area contributed by atoms with E-state index in [2.05, 4.69) is 24.1 Å². The maximum Gasteiger partial charge on any atom is 0.401 e. The van der Waals surface area contributed by atoms with Crippen LogP contribution >= 0.6 is 0 Å². The summed E-state index contributed by atoms with van der Waals surface area (Å²) in [7, 11) is 0. The zero-order chi connectivity index (χ0) is 14.8. The van der Waals surface area contributed by atoms with E-state index in [1.807, 2.05) is 12.3 Å². The van der Waals surface area contributed by atoms with Gasteiger partial charge in [-0.15, -0.1) is 0 Å². The van der Waals surface area contributed by atoms with E-state index in [0.717, 1.165) is 17.7 Å². The maximum atomic E-state index is 12.3. The summed E-state index contributed by atoms with van der Waals surface area (Å²) in [5, 5.41) is 3.28. The molecule has 112 valence electrons. The van der Waals surface area contributed by atoms with E-state index in [1.165, 1.54) is 4.90 Å². The van der Waals surface area contributed by atoms with Crippen molar-refractivity contribution in [2.45, 2.75) is 38.4 Å². The standard InChI is InChI=1S/C14H20F3N3/c1-10(2)11-5-13(7-18-6-11)19-12-3-4-20(8-12)9-14(15,16)17/h5-7,10,12,19H,3-4,8-9H2,1-2H3. The number of pyridine rings is 1. The number of hydrogen-bond acceptors (Lipinski definition) is 3. The average Bonchev–Trinajstić information content (AvgIpc) is 2.74. The van der Waals surface area contributed by atoms with Crippen LogP contribution < -0.4 is 5.32 Å². The highest BCUT2D eigenvalue weighted by Crippen LogP contribution is 2.23. The van der Waals surface area contributed by atoms with Crippen molar-refractivity contribution in [1.29, 1.82) is 0 Å². The highest BCUT2D eigenvalue weighted by molar-refractivity contribution is 5.44. The fourth-order valence-electron chi connectivity index (χ4n) is 2.44. The molecule has 1 N–H and O–H groups in total. The molecular formula is C14H20F3N3. The topological polar surface area (TPSA) is 28.2 Å². The van der Waals surface area contributed by atoms with Crippen LogP contribution in [0.15, 0.2) is 18.5 Å². The Bertz CT molecular complexity index is 446. The predicted molar refractivity (Wildman–Crippen MR) is 72.8 cm³/mol. The molecule has 1 aliphatic heterocycles. The first-order valence-electron chi connectivity index (χ1n) is 6.84. The van der Waals surface area contributed by atoms with Crippen molar-refractivity contribution >= 4 is 5.69 Å². The maximum absolute atomic E-state index is 12.3. The summed E-state index contributed by atoms with van der Waals surface area (Å²) < 4.78 is 37.0. The highest BCUT2D eigenvalue weighted by Gasteiger charge is 2.34. The molecule has 1 saturated heterocycles. The molecule has 0 aliphatic carbocycles. The first kappa shape index (κ1) is 15.1. The molecule has 1 aliphatic rings. The van der Waals surface area contributed by atoms with Gasteiger partial charge in [-0.25, -0.2) is 0 Å². The Hall–Kier alpha value is -1.30. The van der Waals surface area contributed by atoms with Crippen molar-refractivity contribution in [3.63, 3.8) is 0 Å². The molecule has 3 nitrogen and oxygen atoms in total. The van der Waals surface area contributed by atoms with Gasteiger partial charge in [-0.3, -0.25) is 9.88 Å². The van der Waals surface area contributed by atoms with Gasteiger partial charge in [0.1, 0.15) is 0 Å². The van der Waals surface area contributed by atoms with Crippen molar-refractivity contribution < 1.29 is 13.2 Å². The van der Waals surface area contributed by atoms with Crippen LogP contribution in [0.2, 0.25) is 0 Å². The summed E-state index contributed by atoms with van der Waals surface area (Å²) >= 11 is 0. The van der Waals surface area contributed by atoms with Crippen molar-refractivity contribution in [2.75, 3.05) is 25.0 Å². The highest BCUT2D eigenvalue weighted by atomic mass is 19.4. The number of hydrogen-bond donors (Lipinski definition) is 1. The lowest BCUT2D eigenvalue weighted by molar-refractivity contribution is -0.143. The second-order valence-corrected chi connectivity index (χ2v) is 5.64. The number of aromatic nitrogens is 1. The van der Waals surface area contributed by atoms with E-state index in [1.54, 1.807) is 6.20 Å². The third-order valence-electron chi connectivity index (χ3n) is 3.47. The Morgan fingerprint density at radius 1 is 1.40 bits per heavy atom. The van der Waals surface area contributed by atoms with Crippen molar-refractivity contribution in [1.82, 2.24) is 9.88 Å². The minimum Gasteiger partial charge on any atom is -0.380 e.